The Kier molecular flexibility index (Phi) is 5.39. The number of carboxylic acid groups (broad SMARTS) is 1. The van der Waals surface area contributed by atoms with E-state index in [0.29, 0.717) is 6.54 Å². The average Bonchev–Trinajstić information content (AvgIpc) is 2.99. The molecule has 0 radical (unpaired) electrons. The van der Waals surface area contributed by atoms with Crippen LogP contribution < -0.4 is 0 Å². The molecule has 1 fully saturated rings. The van der Waals surface area contributed by atoms with Gasteiger partial charge in [-0.1, -0.05) is 0 Å². The molecule has 9 nitrogen and oxygen atoms in total. The van der Waals surface area contributed by atoms with Crippen LogP contribution in [-0.4, -0.2) is 79.8 Å². The molecule has 1 aromatic rings. The fourth-order valence-electron chi connectivity index (χ4n) is 2.27. The van der Waals surface area contributed by atoms with Gasteiger partial charge in [-0.2, -0.15) is 4.31 Å². The second-order valence-electron chi connectivity index (χ2n) is 5.17. The van der Waals surface area contributed by atoms with E-state index in [0.717, 1.165) is 10.6 Å². The van der Waals surface area contributed by atoms with Crippen molar-refractivity contribution in [2.75, 3.05) is 39.0 Å². The largest absolute Gasteiger partial charge is 0.480 e. The highest BCUT2D eigenvalue weighted by Crippen LogP contribution is 2.13. The number of carbonyl (C=O) groups is 2. The zero-order valence-corrected chi connectivity index (χ0v) is 13.4. The standard InChI is InChI=1S/C13H18N2O7S/c1-23(19,20)15(9-12(16)17)8-10-7-14(4-6-21-10)13(18)11-3-2-5-22-11/h2-3,5,10H,4,6-9H2,1H3,(H,16,17). The predicted octanol–water partition coefficient (Wildman–Crippen LogP) is -0.533. The van der Waals surface area contributed by atoms with E-state index in [4.69, 9.17) is 14.3 Å². The van der Waals surface area contributed by atoms with Crippen molar-refractivity contribution >= 4 is 21.9 Å². The smallest absolute Gasteiger partial charge is 0.318 e. The van der Waals surface area contributed by atoms with Crippen LogP contribution in [0.2, 0.25) is 0 Å². The predicted molar refractivity (Wildman–Crippen MR) is 78.4 cm³/mol. The molecule has 1 aliphatic heterocycles. The minimum Gasteiger partial charge on any atom is -0.480 e. The van der Waals surface area contributed by atoms with Gasteiger partial charge in [0.05, 0.1) is 25.2 Å². The first-order valence-electron chi connectivity index (χ1n) is 6.88. The zero-order chi connectivity index (χ0) is 17.0. The van der Waals surface area contributed by atoms with Crippen molar-refractivity contribution in [1.82, 2.24) is 9.21 Å². The van der Waals surface area contributed by atoms with E-state index in [9.17, 15) is 18.0 Å². The first-order valence-corrected chi connectivity index (χ1v) is 8.73. The van der Waals surface area contributed by atoms with Gasteiger partial charge in [-0.25, -0.2) is 8.42 Å². The van der Waals surface area contributed by atoms with Gasteiger partial charge in [0.15, 0.2) is 5.76 Å². The van der Waals surface area contributed by atoms with Crippen molar-refractivity contribution in [3.63, 3.8) is 0 Å². The van der Waals surface area contributed by atoms with Gasteiger partial charge in [0.1, 0.15) is 6.54 Å². The molecule has 1 amide bonds. The first-order chi connectivity index (χ1) is 10.8. The Labute approximate surface area is 133 Å². The first kappa shape index (κ1) is 17.4. The van der Waals surface area contributed by atoms with E-state index >= 15 is 0 Å². The second kappa shape index (κ2) is 7.11. The Balaban J connectivity index is 2.02. The monoisotopic (exact) mass is 346 g/mol. The molecular weight excluding hydrogens is 328 g/mol. The van der Waals surface area contributed by atoms with Gasteiger partial charge in [-0.15, -0.1) is 0 Å². The van der Waals surface area contributed by atoms with Gasteiger partial charge in [0, 0.05) is 19.6 Å². The Bertz CT molecular complexity index is 656. The van der Waals surface area contributed by atoms with Gasteiger partial charge in [0.25, 0.3) is 5.91 Å². The van der Waals surface area contributed by atoms with E-state index in [-0.39, 0.29) is 31.4 Å². The molecule has 1 aromatic heterocycles. The lowest BCUT2D eigenvalue weighted by Crippen LogP contribution is -2.51. The van der Waals surface area contributed by atoms with Crippen molar-refractivity contribution in [1.29, 1.82) is 0 Å². The summed E-state index contributed by atoms with van der Waals surface area (Å²) in [5.41, 5.74) is 0. The molecule has 2 rings (SSSR count). The molecule has 2 heterocycles. The fourth-order valence-corrected chi connectivity index (χ4v) is 3.05. The maximum absolute atomic E-state index is 12.2. The number of rotatable bonds is 6. The average molecular weight is 346 g/mol. The number of amides is 1. The van der Waals surface area contributed by atoms with Crippen LogP contribution in [0.1, 0.15) is 10.6 Å². The van der Waals surface area contributed by atoms with E-state index < -0.39 is 28.6 Å². The van der Waals surface area contributed by atoms with Crippen LogP contribution in [0.25, 0.3) is 0 Å². The summed E-state index contributed by atoms with van der Waals surface area (Å²) in [5.74, 6) is -1.38. The maximum Gasteiger partial charge on any atom is 0.318 e. The minimum absolute atomic E-state index is 0.132. The minimum atomic E-state index is -3.69. The maximum atomic E-state index is 12.2. The number of aliphatic carboxylic acids is 1. The Morgan fingerprint density at radius 2 is 2.22 bits per heavy atom. The van der Waals surface area contributed by atoms with E-state index in [1.165, 1.54) is 11.2 Å². The van der Waals surface area contributed by atoms with Gasteiger partial charge >= 0.3 is 5.97 Å². The van der Waals surface area contributed by atoms with E-state index in [1.54, 1.807) is 12.1 Å². The zero-order valence-electron chi connectivity index (χ0n) is 12.5. The van der Waals surface area contributed by atoms with Crippen LogP contribution in [0.4, 0.5) is 0 Å². The van der Waals surface area contributed by atoms with Crippen LogP contribution in [0.5, 0.6) is 0 Å². The molecule has 0 aliphatic carbocycles. The summed E-state index contributed by atoms with van der Waals surface area (Å²) < 4.78 is 34.6. The molecule has 1 N–H and O–H groups in total. The highest BCUT2D eigenvalue weighted by Gasteiger charge is 2.30. The number of nitrogens with zero attached hydrogens (tertiary/aromatic N) is 2. The SMILES string of the molecule is CS(=O)(=O)N(CC(=O)O)CC1CN(C(=O)c2ccco2)CCO1. The third kappa shape index (κ3) is 4.78. The molecule has 0 saturated carbocycles. The topological polar surface area (TPSA) is 117 Å². The Morgan fingerprint density at radius 1 is 1.48 bits per heavy atom. The number of carboxylic acids is 1. The number of furan rings is 1. The normalized spacial score (nSPS) is 19.0. The summed E-state index contributed by atoms with van der Waals surface area (Å²) in [5, 5.41) is 8.82. The molecule has 0 spiro atoms. The van der Waals surface area contributed by atoms with Crippen molar-refractivity contribution in [2.24, 2.45) is 0 Å². The summed E-state index contributed by atoms with van der Waals surface area (Å²) in [6, 6.07) is 3.14. The molecule has 0 bridgehead atoms. The summed E-state index contributed by atoms with van der Waals surface area (Å²) in [6.07, 6.45) is 1.73. The van der Waals surface area contributed by atoms with Crippen molar-refractivity contribution < 1.29 is 32.3 Å². The fraction of sp³-hybridized carbons (Fsp3) is 0.538. The van der Waals surface area contributed by atoms with E-state index in [2.05, 4.69) is 0 Å². The van der Waals surface area contributed by atoms with Crippen LogP contribution in [0.3, 0.4) is 0 Å². The van der Waals surface area contributed by atoms with Crippen molar-refractivity contribution in [2.45, 2.75) is 6.10 Å². The van der Waals surface area contributed by atoms with Gasteiger partial charge in [-0.3, -0.25) is 9.59 Å². The van der Waals surface area contributed by atoms with Gasteiger partial charge in [0.2, 0.25) is 10.0 Å². The third-order valence-electron chi connectivity index (χ3n) is 3.35. The summed E-state index contributed by atoms with van der Waals surface area (Å²) >= 11 is 0. The molecule has 0 aromatic carbocycles. The number of hydrogen-bond donors (Lipinski definition) is 1. The number of hydrogen-bond acceptors (Lipinski definition) is 6. The number of sulfonamides is 1. The quantitative estimate of drug-likeness (QED) is 0.735. The second-order valence-corrected chi connectivity index (χ2v) is 7.15. The lowest BCUT2D eigenvalue weighted by atomic mass is 10.2. The van der Waals surface area contributed by atoms with Crippen LogP contribution in [0.15, 0.2) is 22.8 Å². The van der Waals surface area contributed by atoms with E-state index in [1.807, 2.05) is 0 Å². The molecule has 1 aliphatic rings. The van der Waals surface area contributed by atoms with Crippen LogP contribution in [-0.2, 0) is 19.6 Å². The molecule has 10 heteroatoms. The molecule has 128 valence electrons. The molecule has 1 atom stereocenters. The van der Waals surface area contributed by atoms with Crippen LogP contribution >= 0.6 is 0 Å². The molecule has 1 unspecified atom stereocenters. The highest BCUT2D eigenvalue weighted by atomic mass is 32.2. The lowest BCUT2D eigenvalue weighted by Gasteiger charge is -2.34. The lowest BCUT2D eigenvalue weighted by molar-refractivity contribution is -0.137. The van der Waals surface area contributed by atoms with Gasteiger partial charge in [-0.05, 0) is 12.1 Å². The molecule has 1 saturated heterocycles. The number of carbonyl (C=O) groups excluding carboxylic acids is 1. The molecule has 23 heavy (non-hydrogen) atoms. The van der Waals surface area contributed by atoms with Gasteiger partial charge < -0.3 is 19.2 Å². The molecular formula is C13H18N2O7S. The van der Waals surface area contributed by atoms with Crippen molar-refractivity contribution in [3.8, 4) is 0 Å². The number of ether oxygens (including phenoxy) is 1. The summed E-state index contributed by atoms with van der Waals surface area (Å²) in [4.78, 5) is 24.5. The third-order valence-corrected chi connectivity index (χ3v) is 4.56. The Hall–Kier alpha value is -1.91. The summed E-state index contributed by atoms with van der Waals surface area (Å²) in [7, 11) is -3.69. The van der Waals surface area contributed by atoms with Crippen molar-refractivity contribution in [3.05, 3.63) is 24.2 Å². The summed E-state index contributed by atoms with van der Waals surface area (Å²) in [6.45, 7) is -0.0291. The Morgan fingerprint density at radius 3 is 2.78 bits per heavy atom. The number of morpholine rings is 1. The van der Waals surface area contributed by atoms with Crippen LogP contribution in [0, 0.1) is 0 Å². The highest BCUT2D eigenvalue weighted by molar-refractivity contribution is 7.88.